The average molecular weight is 643 g/mol. The van der Waals surface area contributed by atoms with Gasteiger partial charge in [-0.25, -0.2) is 28.1 Å². The highest BCUT2D eigenvalue weighted by molar-refractivity contribution is 7.92. The number of anilines is 1. The number of nitrogens with zero attached hydrogens (tertiary/aromatic N) is 5. The van der Waals surface area contributed by atoms with Gasteiger partial charge in [0, 0.05) is 17.2 Å². The van der Waals surface area contributed by atoms with E-state index in [1.807, 2.05) is 45.9 Å². The summed E-state index contributed by atoms with van der Waals surface area (Å²) >= 11 is 0. The first-order valence-electron chi connectivity index (χ1n) is 15.5. The van der Waals surface area contributed by atoms with E-state index >= 15 is 0 Å². The lowest BCUT2D eigenvalue weighted by molar-refractivity contribution is 0.0456. The minimum Gasteiger partial charge on any atom is -0.488 e. The van der Waals surface area contributed by atoms with Crippen LogP contribution >= 0.6 is 0 Å². The van der Waals surface area contributed by atoms with Crippen molar-refractivity contribution >= 4 is 21.9 Å². The van der Waals surface area contributed by atoms with Crippen LogP contribution in [0.2, 0.25) is 0 Å². The smallest absolute Gasteiger partial charge is 0.264 e. The van der Waals surface area contributed by atoms with Gasteiger partial charge in [0.15, 0.2) is 5.75 Å². The molecule has 46 heavy (non-hydrogen) atoms. The first-order valence-corrected chi connectivity index (χ1v) is 17.0. The molecule has 0 spiro atoms. The Balaban J connectivity index is 1.46. The van der Waals surface area contributed by atoms with Gasteiger partial charge in [-0.15, -0.1) is 0 Å². The highest BCUT2D eigenvalue weighted by Crippen LogP contribution is 2.40. The highest BCUT2D eigenvalue weighted by atomic mass is 32.2. The fourth-order valence-corrected chi connectivity index (χ4v) is 6.90. The molecule has 12 heteroatoms. The van der Waals surface area contributed by atoms with Crippen LogP contribution in [0.25, 0.3) is 11.3 Å². The molecule has 2 aromatic heterocycles. The molecule has 6 rings (SSSR count). The molecular weight excluding hydrogens is 604 g/mol. The number of aryl methyl sites for hydroxylation is 2. The normalized spacial score (nSPS) is 18.4. The molecule has 0 unspecified atom stereocenters. The Morgan fingerprint density at radius 1 is 1.00 bits per heavy atom. The topological polar surface area (TPSA) is 136 Å². The van der Waals surface area contributed by atoms with E-state index in [1.165, 1.54) is 12.1 Å². The molecule has 1 N–H and O–H groups in total. The van der Waals surface area contributed by atoms with Crippen molar-refractivity contribution in [1.29, 1.82) is 0 Å². The van der Waals surface area contributed by atoms with Crippen molar-refractivity contribution in [2.75, 3.05) is 11.3 Å². The second-order valence-corrected chi connectivity index (χ2v) is 14.0. The Kier molecular flexibility index (Phi) is 8.65. The summed E-state index contributed by atoms with van der Waals surface area (Å²) in [7, 11) is -4.17. The number of carbonyl (C=O) groups excluding carboxylic acids is 1. The molecule has 0 saturated heterocycles. The quantitative estimate of drug-likeness (QED) is 0.274. The van der Waals surface area contributed by atoms with Gasteiger partial charge in [0.1, 0.15) is 12.4 Å². The molecule has 0 radical (unpaired) electrons. The third-order valence-corrected chi connectivity index (χ3v) is 9.78. The number of sulfonamides is 1. The van der Waals surface area contributed by atoms with Crippen LogP contribution in [0.3, 0.4) is 0 Å². The summed E-state index contributed by atoms with van der Waals surface area (Å²) in [6.45, 7) is 10.1. The van der Waals surface area contributed by atoms with E-state index in [9.17, 15) is 13.2 Å². The number of carbonyl (C=O) groups is 1. The van der Waals surface area contributed by atoms with Crippen LogP contribution in [0, 0.1) is 25.7 Å². The van der Waals surface area contributed by atoms with Crippen LogP contribution in [-0.2, 0) is 16.6 Å². The van der Waals surface area contributed by atoms with Gasteiger partial charge < -0.3 is 14.4 Å². The fraction of sp³-hybridized carbons (Fsp3) is 0.382. The molecule has 1 aliphatic heterocycles. The van der Waals surface area contributed by atoms with Gasteiger partial charge >= 0.3 is 0 Å². The summed E-state index contributed by atoms with van der Waals surface area (Å²) < 4.78 is 41.9. The Morgan fingerprint density at radius 3 is 2.37 bits per heavy atom. The maximum atomic E-state index is 14.3. The lowest BCUT2D eigenvalue weighted by atomic mass is 9.94. The Morgan fingerprint density at radius 2 is 1.70 bits per heavy atom. The Hall–Kier alpha value is -4.58. The maximum Gasteiger partial charge on any atom is 0.264 e. The van der Waals surface area contributed by atoms with E-state index in [0.29, 0.717) is 23.2 Å². The number of ether oxygens (including phenoxy) is 2. The summed E-state index contributed by atoms with van der Waals surface area (Å²) in [4.78, 5) is 34.0. The molecule has 3 heterocycles. The molecule has 1 saturated carbocycles. The second-order valence-electron chi connectivity index (χ2n) is 12.3. The van der Waals surface area contributed by atoms with Gasteiger partial charge in [-0.3, -0.25) is 4.79 Å². The highest BCUT2D eigenvalue weighted by Gasteiger charge is 2.39. The monoisotopic (exact) mass is 642 g/mol. The molecule has 2 aromatic carbocycles. The molecule has 2 atom stereocenters. The van der Waals surface area contributed by atoms with Crippen molar-refractivity contribution in [1.82, 2.24) is 24.8 Å². The van der Waals surface area contributed by atoms with Crippen LogP contribution in [0.5, 0.6) is 11.6 Å². The minimum absolute atomic E-state index is 0.0355. The van der Waals surface area contributed by atoms with Crippen LogP contribution in [0.4, 0.5) is 5.95 Å². The molecule has 4 aromatic rings. The molecular formula is C34H38N6O5S. The second kappa shape index (κ2) is 12.7. The summed E-state index contributed by atoms with van der Waals surface area (Å²) in [6, 6.07) is 13.2. The number of nitrogens with one attached hydrogen (secondary N) is 1. The van der Waals surface area contributed by atoms with E-state index in [0.717, 1.165) is 29.5 Å². The average Bonchev–Trinajstić information content (AvgIpc) is 3.86. The number of rotatable bonds is 7. The predicted octanol–water partition coefficient (Wildman–Crippen LogP) is 5.59. The van der Waals surface area contributed by atoms with Crippen LogP contribution in [0.1, 0.15) is 60.9 Å². The maximum absolute atomic E-state index is 14.3. The molecule has 1 amide bonds. The lowest BCUT2D eigenvalue weighted by Gasteiger charge is -2.35. The van der Waals surface area contributed by atoms with Crippen molar-refractivity contribution < 1.29 is 22.7 Å². The Bertz CT molecular complexity index is 1840. The summed E-state index contributed by atoms with van der Waals surface area (Å²) in [5.41, 5.74) is 3.57. The molecule has 240 valence electrons. The number of fused-ring (bicyclic) bond motifs is 4. The first kappa shape index (κ1) is 31.4. The van der Waals surface area contributed by atoms with Crippen molar-refractivity contribution in [3.8, 4) is 22.9 Å². The van der Waals surface area contributed by atoms with E-state index < -0.39 is 16.1 Å². The third kappa shape index (κ3) is 6.81. The number of amides is 1. The van der Waals surface area contributed by atoms with E-state index in [1.54, 1.807) is 35.5 Å². The summed E-state index contributed by atoms with van der Waals surface area (Å²) in [5.74, 6) is 1.18. The summed E-state index contributed by atoms with van der Waals surface area (Å²) in [6.07, 6.45) is 5.28. The number of benzene rings is 2. The standard InChI is InChI=1S/C34H38N6O5S/c1-20(2)45-26-16-35-30(36-17-26)18-40-29(23(5)24-12-13-24)19-44-31-15-28(32-21(3)8-6-9-22(32)4)37-34(38-31)39-46(42,43)27-11-7-10-25(14-27)33(40)41/h6-11,14-17,20,23-24,29H,12-13,18-19H2,1-5H3,(H,37,38,39)/t23-,29+/m1/s1. The largest absolute Gasteiger partial charge is 0.488 e. The minimum atomic E-state index is -4.17. The van der Waals surface area contributed by atoms with Gasteiger partial charge in [0.25, 0.3) is 15.9 Å². The molecule has 1 aliphatic carbocycles. The predicted molar refractivity (Wildman–Crippen MR) is 173 cm³/mol. The van der Waals surface area contributed by atoms with Gasteiger partial charge in [0.05, 0.1) is 41.7 Å². The zero-order valence-corrected chi connectivity index (χ0v) is 27.4. The van der Waals surface area contributed by atoms with Crippen molar-refractivity contribution in [2.45, 2.75) is 71.0 Å². The zero-order valence-electron chi connectivity index (χ0n) is 26.6. The molecule has 11 nitrogen and oxygen atoms in total. The molecule has 1 fully saturated rings. The third-order valence-electron chi connectivity index (χ3n) is 8.46. The SMILES string of the molecule is Cc1cccc(C)c1-c1cc2nc(n1)NS(=O)(=O)c1cccc(c1)C(=O)N(Cc1ncc(OC(C)C)cn1)[C@H]([C@H](C)C1CC1)CO2. The van der Waals surface area contributed by atoms with Crippen molar-refractivity contribution in [3.63, 3.8) is 0 Å². The van der Waals surface area contributed by atoms with E-state index in [2.05, 4.69) is 31.6 Å². The van der Waals surface area contributed by atoms with E-state index in [-0.39, 0.29) is 53.4 Å². The fourth-order valence-electron chi connectivity index (χ4n) is 5.91. The van der Waals surface area contributed by atoms with Crippen molar-refractivity contribution in [2.24, 2.45) is 11.8 Å². The Labute approximate surface area is 269 Å². The van der Waals surface area contributed by atoms with Gasteiger partial charge in [-0.05, 0) is 81.7 Å². The molecule has 2 aliphatic rings. The van der Waals surface area contributed by atoms with Gasteiger partial charge in [0.2, 0.25) is 11.8 Å². The number of hydrogen-bond donors (Lipinski definition) is 1. The van der Waals surface area contributed by atoms with Gasteiger partial charge in [-0.1, -0.05) is 31.2 Å². The van der Waals surface area contributed by atoms with E-state index in [4.69, 9.17) is 9.47 Å². The lowest BCUT2D eigenvalue weighted by Crippen LogP contribution is -2.47. The van der Waals surface area contributed by atoms with Gasteiger partial charge in [-0.2, -0.15) is 4.98 Å². The zero-order chi connectivity index (χ0) is 32.6. The summed E-state index contributed by atoms with van der Waals surface area (Å²) in [5, 5.41) is 0. The van der Waals surface area contributed by atoms with Crippen LogP contribution < -0.4 is 14.2 Å². The van der Waals surface area contributed by atoms with Crippen molar-refractivity contribution in [3.05, 3.63) is 83.4 Å². The number of aromatic nitrogens is 4. The van der Waals surface area contributed by atoms with Crippen LogP contribution in [0.15, 0.2) is 65.8 Å². The molecule has 4 bridgehead atoms. The number of hydrogen-bond acceptors (Lipinski definition) is 9. The first-order chi connectivity index (χ1) is 22.0. The van der Waals surface area contributed by atoms with Crippen LogP contribution in [-0.4, -0.2) is 57.9 Å².